The highest BCUT2D eigenvalue weighted by Crippen LogP contribution is 2.35. The van der Waals surface area contributed by atoms with Crippen molar-refractivity contribution in [2.24, 2.45) is 4.99 Å². The molecule has 0 bridgehead atoms. The number of hydrogen-bond acceptors (Lipinski definition) is 4. The fourth-order valence-corrected chi connectivity index (χ4v) is 3.14. The van der Waals surface area contributed by atoms with E-state index < -0.39 is 17.8 Å². The van der Waals surface area contributed by atoms with Crippen LogP contribution in [0.4, 0.5) is 10.1 Å². The lowest BCUT2D eigenvalue weighted by Gasteiger charge is -2.27. The van der Waals surface area contributed by atoms with Gasteiger partial charge in [-0.3, -0.25) is 4.99 Å². The molecule has 0 amide bonds. The number of aromatic nitrogens is 3. The quantitative estimate of drug-likeness (QED) is 0.620. The number of ether oxygens (including phenoxy) is 1. The first kappa shape index (κ1) is 15.4. The summed E-state index contributed by atoms with van der Waals surface area (Å²) in [6, 6.07) is 2.46. The summed E-state index contributed by atoms with van der Waals surface area (Å²) in [6.07, 6.45) is 6.88. The first-order valence-corrected chi connectivity index (χ1v) is 8.02. The largest absolute Gasteiger partial charge is 0.859 e. The van der Waals surface area contributed by atoms with E-state index in [1.165, 1.54) is 6.07 Å². The molecule has 4 rings (SSSR count). The molecule has 1 unspecified atom stereocenters. The molecule has 3 heterocycles. The summed E-state index contributed by atoms with van der Waals surface area (Å²) in [6.45, 7) is 0.684. The van der Waals surface area contributed by atoms with Gasteiger partial charge in [0.05, 0.1) is 6.42 Å². The number of nitrogens with one attached hydrogen (secondary N) is 1. The van der Waals surface area contributed by atoms with Crippen molar-refractivity contribution in [2.45, 2.75) is 38.3 Å². The zero-order valence-corrected chi connectivity index (χ0v) is 13.3. The Hall–Kier alpha value is -3.08. The Morgan fingerprint density at radius 3 is 3.12 bits per heavy atom. The van der Waals surface area contributed by atoms with Gasteiger partial charge in [-0.15, -0.1) is 12.3 Å². The average molecular weight is 342 g/mol. The maximum atomic E-state index is 14.6. The number of aryl methyl sites for hydroxylation is 1. The zero-order valence-electron chi connectivity index (χ0n) is 13.3. The highest BCUT2D eigenvalue weighted by Gasteiger charge is 2.29. The van der Waals surface area contributed by atoms with Gasteiger partial charge in [0.1, 0.15) is 24.1 Å². The molecule has 2 aliphatic rings. The van der Waals surface area contributed by atoms with Gasteiger partial charge in [-0.25, -0.2) is 9.18 Å². The normalized spacial score (nSPS) is 18.6. The van der Waals surface area contributed by atoms with E-state index in [1.54, 1.807) is 4.68 Å². The average Bonchev–Trinajstić information content (AvgIpc) is 2.93. The molecule has 1 N–H and O–H groups in total. The van der Waals surface area contributed by atoms with Crippen molar-refractivity contribution < 1.29 is 18.9 Å². The summed E-state index contributed by atoms with van der Waals surface area (Å²) >= 11 is 0. The lowest BCUT2D eigenvalue weighted by molar-refractivity contribution is -0.765. The lowest BCUT2D eigenvalue weighted by Crippen LogP contribution is -2.43. The monoisotopic (exact) mass is 342 g/mol. The number of hydrogen-bond donors (Lipinski definition) is 1. The van der Waals surface area contributed by atoms with E-state index in [2.05, 4.69) is 16.1 Å². The van der Waals surface area contributed by atoms with Crippen LogP contribution in [-0.4, -0.2) is 21.9 Å². The Labute approximate surface area is 142 Å². The number of rotatable bonds is 2. The Balaban J connectivity index is 1.81. The summed E-state index contributed by atoms with van der Waals surface area (Å²) in [5.41, 5.74) is 0.494. The van der Waals surface area contributed by atoms with Gasteiger partial charge in [-0.1, -0.05) is 9.90 Å². The number of nitrogens with zero attached hydrogens (tertiary/aromatic N) is 3. The van der Waals surface area contributed by atoms with Crippen LogP contribution in [0.15, 0.2) is 21.9 Å². The van der Waals surface area contributed by atoms with Crippen LogP contribution >= 0.6 is 0 Å². The van der Waals surface area contributed by atoms with Crippen molar-refractivity contribution in [3.63, 3.8) is 0 Å². The second-order valence-corrected chi connectivity index (χ2v) is 6.03. The van der Waals surface area contributed by atoms with Crippen molar-refractivity contribution >= 4 is 11.6 Å². The van der Waals surface area contributed by atoms with Crippen molar-refractivity contribution in [2.75, 3.05) is 0 Å². The van der Waals surface area contributed by atoms with Crippen LogP contribution in [-0.2, 0) is 13.0 Å². The van der Waals surface area contributed by atoms with Gasteiger partial charge in [0.25, 0.3) is 0 Å². The minimum absolute atomic E-state index is 0.00111. The highest BCUT2D eigenvalue weighted by atomic mass is 19.1. The molecule has 1 aromatic carbocycles. The fraction of sp³-hybridized carbons (Fsp3) is 0.353. The van der Waals surface area contributed by atoms with Gasteiger partial charge in [-0.2, -0.15) is 4.68 Å². The minimum Gasteiger partial charge on any atom is -0.859 e. The smallest absolute Gasteiger partial charge is 0.401 e. The Bertz CT molecular complexity index is 983. The molecule has 25 heavy (non-hydrogen) atoms. The number of aliphatic imine (C=N–C) groups is 1. The molecular weight excluding hydrogens is 327 g/mol. The number of H-pyrrole nitrogens is 1. The summed E-state index contributed by atoms with van der Waals surface area (Å²) in [7, 11) is 0. The van der Waals surface area contributed by atoms with Crippen LogP contribution in [0, 0.1) is 18.2 Å². The van der Waals surface area contributed by atoms with Crippen LogP contribution in [0.3, 0.4) is 0 Å². The Kier molecular flexibility index (Phi) is 3.57. The zero-order chi connectivity index (χ0) is 17.6. The van der Waals surface area contributed by atoms with Crippen molar-refractivity contribution in [3.8, 4) is 23.8 Å². The van der Waals surface area contributed by atoms with Gasteiger partial charge in [0.2, 0.25) is 5.69 Å². The topological polar surface area (TPSA) is 86.3 Å². The number of halogens is 1. The molecule has 2 aromatic rings. The Morgan fingerprint density at radius 2 is 2.36 bits per heavy atom. The second-order valence-electron chi connectivity index (χ2n) is 6.03. The van der Waals surface area contributed by atoms with Crippen molar-refractivity contribution in [1.82, 2.24) is 9.90 Å². The molecule has 1 atom stereocenters. The molecule has 2 aliphatic heterocycles. The molecule has 0 saturated heterocycles. The summed E-state index contributed by atoms with van der Waals surface area (Å²) in [4.78, 5) is 16.5. The van der Waals surface area contributed by atoms with E-state index >= 15 is 0 Å². The van der Waals surface area contributed by atoms with E-state index in [0.717, 1.165) is 23.6 Å². The maximum absolute atomic E-state index is 14.6. The summed E-state index contributed by atoms with van der Waals surface area (Å²) in [5, 5.41) is 14.8. The van der Waals surface area contributed by atoms with Crippen LogP contribution in [0.25, 0.3) is 5.69 Å². The predicted molar refractivity (Wildman–Crippen MR) is 84.4 cm³/mol. The first-order valence-electron chi connectivity index (χ1n) is 8.02. The van der Waals surface area contributed by atoms with E-state index in [4.69, 9.17) is 11.2 Å². The number of terminal acetylenes is 1. The first-order chi connectivity index (χ1) is 12.1. The summed E-state index contributed by atoms with van der Waals surface area (Å²) in [5.74, 6) is 1.30. The lowest BCUT2D eigenvalue weighted by atomic mass is 10.1. The van der Waals surface area contributed by atoms with E-state index in [0.29, 0.717) is 18.7 Å². The third-order valence-electron chi connectivity index (χ3n) is 4.39. The fourth-order valence-electron chi connectivity index (χ4n) is 3.14. The van der Waals surface area contributed by atoms with Crippen molar-refractivity contribution in [1.29, 1.82) is 0 Å². The molecule has 7 nitrogen and oxygen atoms in total. The Morgan fingerprint density at radius 1 is 1.52 bits per heavy atom. The molecule has 0 spiro atoms. The molecule has 0 aliphatic carbocycles. The second kappa shape index (κ2) is 5.77. The van der Waals surface area contributed by atoms with Crippen molar-refractivity contribution in [3.05, 3.63) is 34.0 Å². The SMILES string of the molecule is C#CCC1Oc2cc(F)c(-n3[nH][n+]4c(c3=O)CCCC4)cc2N=C1[O-]. The maximum Gasteiger partial charge on any atom is 0.401 e. The van der Waals surface area contributed by atoms with Crippen LogP contribution in [0.5, 0.6) is 5.75 Å². The molecule has 0 saturated carbocycles. The standard InChI is InChI=1S/C17H15FN4O3/c1-2-5-14-16(23)19-11-9-13(10(18)8-15(11)25-14)22-17(24)12-6-3-4-7-21(12)20-22/h1,8-9,14H,3-7H2,(H-,19,20,23,24). The number of benzene rings is 1. The van der Waals surface area contributed by atoms with Gasteiger partial charge >= 0.3 is 5.56 Å². The van der Waals surface area contributed by atoms with Gasteiger partial charge in [0.15, 0.2) is 11.5 Å². The molecule has 0 fully saturated rings. The molecule has 8 heteroatoms. The highest BCUT2D eigenvalue weighted by molar-refractivity contribution is 5.84. The number of fused-ring (bicyclic) bond motifs is 2. The minimum atomic E-state index is -0.904. The molecular formula is C17H15FN4O3. The molecule has 0 radical (unpaired) electrons. The van der Waals surface area contributed by atoms with Crippen LogP contribution in [0.1, 0.15) is 25.0 Å². The molecule has 128 valence electrons. The van der Waals surface area contributed by atoms with Gasteiger partial charge in [0, 0.05) is 24.5 Å². The number of aromatic amines is 1. The van der Waals surface area contributed by atoms with E-state index in [-0.39, 0.29) is 29.1 Å². The summed E-state index contributed by atoms with van der Waals surface area (Å²) < 4.78 is 22.9. The van der Waals surface area contributed by atoms with E-state index in [9.17, 15) is 14.3 Å². The van der Waals surface area contributed by atoms with Gasteiger partial charge < -0.3 is 9.84 Å². The van der Waals surface area contributed by atoms with Crippen LogP contribution in [0.2, 0.25) is 0 Å². The third-order valence-corrected chi connectivity index (χ3v) is 4.39. The third kappa shape index (κ3) is 2.48. The predicted octanol–water partition coefficient (Wildman–Crippen LogP) is 0.103. The molecule has 1 aromatic heterocycles. The van der Waals surface area contributed by atoms with Crippen LogP contribution < -0.4 is 20.1 Å². The van der Waals surface area contributed by atoms with Gasteiger partial charge in [-0.05, 0) is 12.8 Å². The van der Waals surface area contributed by atoms with E-state index in [1.807, 2.05) is 0 Å².